The lowest BCUT2D eigenvalue weighted by Crippen LogP contribution is -2.49. The molecule has 0 aliphatic carbocycles. The van der Waals surface area contributed by atoms with Crippen LogP contribution >= 0.6 is 0 Å². The number of ether oxygens (including phenoxy) is 1. The van der Waals surface area contributed by atoms with E-state index < -0.39 is 0 Å². The van der Waals surface area contributed by atoms with E-state index in [1.165, 1.54) is 12.1 Å². The number of imidazole rings is 1. The first-order valence-corrected chi connectivity index (χ1v) is 11.1. The summed E-state index contributed by atoms with van der Waals surface area (Å²) >= 11 is 0. The first-order chi connectivity index (χ1) is 16.6. The molecule has 174 valence electrons. The summed E-state index contributed by atoms with van der Waals surface area (Å²) in [5, 5.41) is 2.94. The highest BCUT2D eigenvalue weighted by atomic mass is 19.1. The molecule has 8 nitrogen and oxygen atoms in total. The van der Waals surface area contributed by atoms with E-state index >= 15 is 0 Å². The number of methoxy groups -OCH3 is 1. The highest BCUT2D eigenvalue weighted by Crippen LogP contribution is 2.24. The Balaban J connectivity index is 1.29. The van der Waals surface area contributed by atoms with Crippen molar-refractivity contribution in [3.63, 3.8) is 0 Å². The number of urea groups is 1. The number of hydrogen-bond donors (Lipinski definition) is 1. The minimum Gasteiger partial charge on any atom is -0.495 e. The average molecular weight is 461 g/mol. The molecule has 2 aromatic heterocycles. The summed E-state index contributed by atoms with van der Waals surface area (Å²) in [5.41, 5.74) is 2.99. The fourth-order valence-corrected chi connectivity index (χ4v) is 4.18. The molecule has 4 aromatic rings. The highest BCUT2D eigenvalue weighted by molar-refractivity contribution is 5.91. The van der Waals surface area contributed by atoms with Crippen molar-refractivity contribution in [2.24, 2.45) is 0 Å². The Kier molecular flexibility index (Phi) is 6.09. The Labute approximate surface area is 196 Å². The van der Waals surface area contributed by atoms with Crippen LogP contribution in [0.15, 0.2) is 66.9 Å². The van der Waals surface area contributed by atoms with Gasteiger partial charge in [0.1, 0.15) is 22.9 Å². The second-order valence-corrected chi connectivity index (χ2v) is 8.08. The van der Waals surface area contributed by atoms with Crippen molar-refractivity contribution in [3.8, 4) is 11.4 Å². The van der Waals surface area contributed by atoms with Crippen molar-refractivity contribution < 1.29 is 13.9 Å². The molecular formula is C25H25FN6O2. The number of pyridine rings is 1. The second kappa shape index (κ2) is 9.48. The lowest BCUT2D eigenvalue weighted by atomic mass is 10.3. The number of anilines is 1. The summed E-state index contributed by atoms with van der Waals surface area (Å²) < 4.78 is 20.8. The topological polar surface area (TPSA) is 75.5 Å². The molecule has 0 unspecified atom stereocenters. The maximum absolute atomic E-state index is 13.5. The predicted molar refractivity (Wildman–Crippen MR) is 128 cm³/mol. The van der Waals surface area contributed by atoms with Gasteiger partial charge in [-0.25, -0.2) is 19.2 Å². The third-order valence-electron chi connectivity index (χ3n) is 5.94. The number of hydrogen-bond acceptors (Lipinski definition) is 5. The zero-order chi connectivity index (χ0) is 23.5. The maximum atomic E-state index is 13.5. The summed E-state index contributed by atoms with van der Waals surface area (Å²) in [6, 6.07) is 17.3. The lowest BCUT2D eigenvalue weighted by Gasteiger charge is -2.34. The summed E-state index contributed by atoms with van der Waals surface area (Å²) in [6.07, 6.45) is 1.73. The number of halogens is 1. The summed E-state index contributed by atoms with van der Waals surface area (Å²) in [7, 11) is 1.58. The van der Waals surface area contributed by atoms with Crippen LogP contribution in [-0.2, 0) is 6.54 Å². The number of rotatable bonds is 5. The van der Waals surface area contributed by atoms with Crippen LogP contribution in [0.1, 0.15) is 5.82 Å². The van der Waals surface area contributed by atoms with Crippen molar-refractivity contribution in [2.45, 2.75) is 6.54 Å². The van der Waals surface area contributed by atoms with Gasteiger partial charge < -0.3 is 15.0 Å². The molecule has 1 saturated heterocycles. The fraction of sp³-hybridized carbons (Fsp3) is 0.240. The average Bonchev–Trinajstić information content (AvgIpc) is 3.23. The molecule has 0 saturated carbocycles. The van der Waals surface area contributed by atoms with Crippen molar-refractivity contribution in [1.82, 2.24) is 24.3 Å². The molecule has 0 atom stereocenters. The molecule has 34 heavy (non-hydrogen) atoms. The molecule has 2 aromatic carbocycles. The van der Waals surface area contributed by atoms with Gasteiger partial charge in [0.05, 0.1) is 19.3 Å². The minimum atomic E-state index is -0.287. The van der Waals surface area contributed by atoms with Crippen LogP contribution < -0.4 is 10.1 Å². The largest absolute Gasteiger partial charge is 0.495 e. The molecule has 0 radical (unpaired) electrons. The van der Waals surface area contributed by atoms with Gasteiger partial charge in [-0.3, -0.25) is 9.47 Å². The summed E-state index contributed by atoms with van der Waals surface area (Å²) in [6.45, 7) is 3.19. The minimum absolute atomic E-state index is 0.146. The van der Waals surface area contributed by atoms with Crippen molar-refractivity contribution in [3.05, 3.63) is 78.5 Å². The number of fused-ring (bicyclic) bond motifs is 1. The third kappa shape index (κ3) is 4.42. The van der Waals surface area contributed by atoms with Gasteiger partial charge in [-0.15, -0.1) is 0 Å². The first kappa shape index (κ1) is 21.8. The van der Waals surface area contributed by atoms with Gasteiger partial charge >= 0.3 is 6.03 Å². The van der Waals surface area contributed by atoms with Crippen molar-refractivity contribution >= 4 is 22.9 Å². The Hall–Kier alpha value is -3.98. The van der Waals surface area contributed by atoms with E-state index in [0.717, 1.165) is 22.7 Å². The van der Waals surface area contributed by atoms with Crippen LogP contribution in [0.2, 0.25) is 0 Å². The molecule has 2 amide bonds. The Morgan fingerprint density at radius 2 is 1.79 bits per heavy atom. The molecule has 9 heteroatoms. The predicted octanol–water partition coefficient (Wildman–Crippen LogP) is 3.92. The number of nitrogens with one attached hydrogen (secondary N) is 1. The van der Waals surface area contributed by atoms with E-state index in [-0.39, 0.29) is 11.8 Å². The second-order valence-electron chi connectivity index (χ2n) is 8.08. The van der Waals surface area contributed by atoms with Gasteiger partial charge in [0.25, 0.3) is 0 Å². The van der Waals surface area contributed by atoms with Gasteiger partial charge in [0.15, 0.2) is 5.65 Å². The monoisotopic (exact) mass is 460 g/mol. The summed E-state index contributed by atoms with van der Waals surface area (Å²) in [5.74, 6) is 1.17. The van der Waals surface area contributed by atoms with Crippen LogP contribution in [0.5, 0.6) is 5.75 Å². The number of para-hydroxylation sites is 2. The Bertz CT molecular complexity index is 1300. The zero-order valence-corrected chi connectivity index (χ0v) is 18.8. The van der Waals surface area contributed by atoms with Crippen LogP contribution in [0.25, 0.3) is 16.9 Å². The number of piperazine rings is 1. The van der Waals surface area contributed by atoms with Crippen molar-refractivity contribution in [2.75, 3.05) is 38.6 Å². The van der Waals surface area contributed by atoms with E-state index in [0.29, 0.717) is 44.2 Å². The lowest BCUT2D eigenvalue weighted by molar-refractivity contribution is 0.140. The normalized spacial score (nSPS) is 14.4. The van der Waals surface area contributed by atoms with Gasteiger partial charge in [-0.1, -0.05) is 12.1 Å². The number of carbonyl (C=O) groups is 1. The number of amides is 2. The molecule has 0 bridgehead atoms. The molecular weight excluding hydrogens is 435 g/mol. The van der Waals surface area contributed by atoms with Gasteiger partial charge in [0.2, 0.25) is 0 Å². The quantitative estimate of drug-likeness (QED) is 0.489. The van der Waals surface area contributed by atoms with E-state index in [1.807, 2.05) is 41.0 Å². The van der Waals surface area contributed by atoms with Crippen LogP contribution in [-0.4, -0.2) is 63.7 Å². The first-order valence-electron chi connectivity index (χ1n) is 11.1. The number of benzene rings is 2. The Morgan fingerprint density at radius 3 is 2.56 bits per heavy atom. The van der Waals surface area contributed by atoms with Gasteiger partial charge in [0, 0.05) is 38.1 Å². The smallest absolute Gasteiger partial charge is 0.322 e. The molecule has 5 rings (SSSR count). The third-order valence-corrected chi connectivity index (χ3v) is 5.94. The fourth-order valence-electron chi connectivity index (χ4n) is 4.18. The van der Waals surface area contributed by atoms with Crippen LogP contribution in [0, 0.1) is 5.82 Å². The van der Waals surface area contributed by atoms with Gasteiger partial charge in [-0.2, -0.15) is 0 Å². The molecule has 1 fully saturated rings. The van der Waals surface area contributed by atoms with E-state index in [2.05, 4.69) is 15.2 Å². The Morgan fingerprint density at radius 1 is 1.03 bits per heavy atom. The number of carbonyl (C=O) groups excluding carboxylic acids is 1. The zero-order valence-electron chi connectivity index (χ0n) is 18.8. The number of nitrogens with zero attached hydrogens (tertiary/aromatic N) is 5. The van der Waals surface area contributed by atoms with Gasteiger partial charge in [-0.05, 0) is 48.5 Å². The molecule has 3 heterocycles. The van der Waals surface area contributed by atoms with Crippen molar-refractivity contribution in [1.29, 1.82) is 0 Å². The molecule has 0 spiro atoms. The van der Waals surface area contributed by atoms with Crippen LogP contribution in [0.3, 0.4) is 0 Å². The van der Waals surface area contributed by atoms with Crippen LogP contribution in [0.4, 0.5) is 14.9 Å². The SMILES string of the molecule is COc1ccccc1NC(=O)N1CCN(Cc2nc3cccnc3n2-c2ccc(F)cc2)CC1. The highest BCUT2D eigenvalue weighted by Gasteiger charge is 2.24. The number of aromatic nitrogens is 3. The standard InChI is InChI=1S/C25H25FN6O2/c1-34-22-7-3-2-5-20(22)29-25(33)31-15-13-30(14-16-31)17-23-28-21-6-4-12-27-24(21)32(23)19-10-8-18(26)9-11-19/h2-12H,13-17H2,1H3,(H,29,33). The maximum Gasteiger partial charge on any atom is 0.322 e. The van der Waals surface area contributed by atoms with E-state index in [4.69, 9.17) is 9.72 Å². The molecule has 1 aliphatic rings. The molecule has 1 N–H and O–H groups in total. The van der Waals surface area contributed by atoms with E-state index in [1.54, 1.807) is 30.3 Å². The molecule has 1 aliphatic heterocycles. The summed E-state index contributed by atoms with van der Waals surface area (Å²) in [4.78, 5) is 26.1. The van der Waals surface area contributed by atoms with E-state index in [9.17, 15) is 9.18 Å².